The van der Waals surface area contributed by atoms with E-state index < -0.39 is 0 Å². The Bertz CT molecular complexity index is 610. The Morgan fingerprint density at radius 2 is 1.90 bits per heavy atom. The van der Waals surface area contributed by atoms with Gasteiger partial charge in [0, 0.05) is 24.2 Å². The van der Waals surface area contributed by atoms with Crippen LogP contribution in [-0.4, -0.2) is 23.2 Å². The van der Waals surface area contributed by atoms with Crippen molar-refractivity contribution in [1.29, 1.82) is 0 Å². The molecule has 104 valence electrons. The van der Waals surface area contributed by atoms with Gasteiger partial charge in [0.05, 0.1) is 13.2 Å². The number of nitrogen functional groups attached to an aromatic ring is 1. The lowest BCUT2D eigenvalue weighted by atomic mass is 10.2. The van der Waals surface area contributed by atoms with Crippen LogP contribution in [0.2, 0.25) is 0 Å². The molecule has 1 aromatic carbocycles. The van der Waals surface area contributed by atoms with E-state index in [1.807, 2.05) is 18.2 Å². The highest BCUT2D eigenvalue weighted by Crippen LogP contribution is 2.33. The number of nitrogens with one attached hydrogen (secondary N) is 1. The summed E-state index contributed by atoms with van der Waals surface area (Å²) >= 11 is 0. The number of benzene rings is 1. The van der Waals surface area contributed by atoms with Gasteiger partial charge in [0.1, 0.15) is 17.5 Å². The third kappa shape index (κ3) is 2.74. The van der Waals surface area contributed by atoms with Crippen LogP contribution in [0.1, 0.15) is 12.2 Å². The Labute approximate surface area is 116 Å². The Balaban J connectivity index is 1.85. The summed E-state index contributed by atoms with van der Waals surface area (Å²) in [5, 5.41) is 3.19. The molecule has 0 saturated heterocycles. The fourth-order valence-corrected chi connectivity index (χ4v) is 2.04. The molecule has 2 aromatic rings. The summed E-state index contributed by atoms with van der Waals surface area (Å²) < 4.78 is 11.2. The van der Waals surface area contributed by atoms with Crippen LogP contribution < -0.4 is 20.5 Å². The standard InChI is InChI=1S/C14H16N4O2/c1-9-16-13(15)8-14(17-9)18-10-3-4-11-12(7-10)20-6-2-5-19-11/h3-4,7-8H,2,5-6H2,1H3,(H3,15,16,17,18). The monoisotopic (exact) mass is 272 g/mol. The molecule has 0 bridgehead atoms. The predicted octanol–water partition coefficient (Wildman–Crippen LogP) is 2.27. The summed E-state index contributed by atoms with van der Waals surface area (Å²) in [4.78, 5) is 8.33. The zero-order valence-corrected chi connectivity index (χ0v) is 11.2. The fourth-order valence-electron chi connectivity index (χ4n) is 2.04. The van der Waals surface area contributed by atoms with Gasteiger partial charge in [-0.15, -0.1) is 0 Å². The first-order valence-electron chi connectivity index (χ1n) is 6.48. The van der Waals surface area contributed by atoms with Gasteiger partial charge in [0.2, 0.25) is 0 Å². The molecule has 3 N–H and O–H groups in total. The highest BCUT2D eigenvalue weighted by Gasteiger charge is 2.11. The summed E-state index contributed by atoms with van der Waals surface area (Å²) in [5.41, 5.74) is 6.58. The second kappa shape index (κ2) is 5.24. The molecule has 0 atom stereocenters. The molecule has 1 aliphatic heterocycles. The van der Waals surface area contributed by atoms with E-state index in [9.17, 15) is 0 Å². The van der Waals surface area contributed by atoms with Crippen molar-refractivity contribution in [3.05, 3.63) is 30.1 Å². The fraction of sp³-hybridized carbons (Fsp3) is 0.286. The van der Waals surface area contributed by atoms with Crippen LogP contribution in [0.25, 0.3) is 0 Å². The minimum absolute atomic E-state index is 0.439. The lowest BCUT2D eigenvalue weighted by Crippen LogP contribution is -2.01. The molecule has 0 radical (unpaired) electrons. The first-order valence-corrected chi connectivity index (χ1v) is 6.48. The molecule has 0 aliphatic carbocycles. The number of ether oxygens (including phenoxy) is 2. The normalized spacial score (nSPS) is 13.7. The van der Waals surface area contributed by atoms with E-state index >= 15 is 0 Å². The molecular formula is C14H16N4O2. The van der Waals surface area contributed by atoms with Crippen molar-refractivity contribution in [1.82, 2.24) is 9.97 Å². The van der Waals surface area contributed by atoms with Crippen LogP contribution in [0.15, 0.2) is 24.3 Å². The first-order chi connectivity index (χ1) is 9.70. The number of hydrogen-bond acceptors (Lipinski definition) is 6. The number of aryl methyl sites for hydroxylation is 1. The average molecular weight is 272 g/mol. The number of fused-ring (bicyclic) bond motifs is 1. The quantitative estimate of drug-likeness (QED) is 0.872. The molecule has 20 heavy (non-hydrogen) atoms. The van der Waals surface area contributed by atoms with Gasteiger partial charge in [0.25, 0.3) is 0 Å². The molecule has 0 amide bonds. The molecule has 1 aliphatic rings. The van der Waals surface area contributed by atoms with Crippen molar-refractivity contribution in [2.75, 3.05) is 24.3 Å². The van der Waals surface area contributed by atoms with Gasteiger partial charge < -0.3 is 20.5 Å². The summed E-state index contributed by atoms with van der Waals surface area (Å²) in [5.74, 6) is 3.23. The number of rotatable bonds is 2. The largest absolute Gasteiger partial charge is 0.490 e. The highest BCUT2D eigenvalue weighted by molar-refractivity contribution is 5.62. The third-order valence-corrected chi connectivity index (χ3v) is 2.88. The SMILES string of the molecule is Cc1nc(N)cc(Nc2ccc3c(c2)OCCCO3)n1. The van der Waals surface area contributed by atoms with E-state index in [1.165, 1.54) is 0 Å². The van der Waals surface area contributed by atoms with E-state index in [2.05, 4.69) is 15.3 Å². The lowest BCUT2D eigenvalue weighted by molar-refractivity contribution is 0.297. The molecule has 2 heterocycles. The van der Waals surface area contributed by atoms with Gasteiger partial charge in [-0.05, 0) is 19.1 Å². The predicted molar refractivity (Wildman–Crippen MR) is 76.5 cm³/mol. The second-order valence-corrected chi connectivity index (χ2v) is 4.56. The van der Waals surface area contributed by atoms with Gasteiger partial charge in [0.15, 0.2) is 11.5 Å². The van der Waals surface area contributed by atoms with Gasteiger partial charge in [-0.1, -0.05) is 0 Å². The highest BCUT2D eigenvalue weighted by atomic mass is 16.5. The van der Waals surface area contributed by atoms with Crippen molar-refractivity contribution in [3.8, 4) is 11.5 Å². The molecule has 0 fully saturated rings. The van der Waals surface area contributed by atoms with Crippen molar-refractivity contribution in [2.45, 2.75) is 13.3 Å². The minimum Gasteiger partial charge on any atom is -0.490 e. The molecule has 0 unspecified atom stereocenters. The van der Waals surface area contributed by atoms with Gasteiger partial charge >= 0.3 is 0 Å². The van der Waals surface area contributed by atoms with E-state index in [-0.39, 0.29) is 0 Å². The average Bonchev–Trinajstić information content (AvgIpc) is 2.62. The van der Waals surface area contributed by atoms with Crippen LogP contribution in [0.4, 0.5) is 17.3 Å². The maximum Gasteiger partial charge on any atom is 0.163 e. The molecule has 0 saturated carbocycles. The Hall–Kier alpha value is -2.50. The van der Waals surface area contributed by atoms with Crippen molar-refractivity contribution >= 4 is 17.3 Å². The zero-order valence-electron chi connectivity index (χ0n) is 11.2. The lowest BCUT2D eigenvalue weighted by Gasteiger charge is -2.11. The summed E-state index contributed by atoms with van der Waals surface area (Å²) in [7, 11) is 0. The third-order valence-electron chi connectivity index (χ3n) is 2.88. The number of nitrogens with zero attached hydrogens (tertiary/aromatic N) is 2. The van der Waals surface area contributed by atoms with Crippen LogP contribution in [-0.2, 0) is 0 Å². The van der Waals surface area contributed by atoms with Gasteiger partial charge in [-0.3, -0.25) is 0 Å². The minimum atomic E-state index is 0.439. The van der Waals surface area contributed by atoms with E-state index in [1.54, 1.807) is 13.0 Å². The first kappa shape index (κ1) is 12.5. The molecule has 1 aromatic heterocycles. The molecule has 0 spiro atoms. The van der Waals surface area contributed by atoms with Gasteiger partial charge in [-0.2, -0.15) is 0 Å². The Morgan fingerprint density at radius 3 is 2.70 bits per heavy atom. The van der Waals surface area contributed by atoms with Crippen LogP contribution in [0.5, 0.6) is 11.5 Å². The summed E-state index contributed by atoms with van der Waals surface area (Å²) in [6.07, 6.45) is 0.888. The maximum absolute atomic E-state index is 5.71. The van der Waals surface area contributed by atoms with Crippen molar-refractivity contribution < 1.29 is 9.47 Å². The number of hydrogen-bond donors (Lipinski definition) is 2. The van der Waals surface area contributed by atoms with Crippen LogP contribution >= 0.6 is 0 Å². The molecule has 3 rings (SSSR count). The van der Waals surface area contributed by atoms with Crippen LogP contribution in [0, 0.1) is 6.92 Å². The molecule has 6 heteroatoms. The van der Waals surface area contributed by atoms with Gasteiger partial charge in [-0.25, -0.2) is 9.97 Å². The van der Waals surface area contributed by atoms with Crippen molar-refractivity contribution in [2.24, 2.45) is 0 Å². The number of aromatic nitrogens is 2. The number of nitrogens with two attached hydrogens (primary N) is 1. The van der Waals surface area contributed by atoms with E-state index in [4.69, 9.17) is 15.2 Å². The Kier molecular flexibility index (Phi) is 3.28. The van der Waals surface area contributed by atoms with E-state index in [0.29, 0.717) is 30.7 Å². The maximum atomic E-state index is 5.71. The Morgan fingerprint density at radius 1 is 1.10 bits per heavy atom. The summed E-state index contributed by atoms with van der Waals surface area (Å²) in [6.45, 7) is 3.15. The molecular weight excluding hydrogens is 256 g/mol. The van der Waals surface area contributed by atoms with Crippen molar-refractivity contribution in [3.63, 3.8) is 0 Å². The summed E-state index contributed by atoms with van der Waals surface area (Å²) in [6, 6.07) is 7.39. The van der Waals surface area contributed by atoms with E-state index in [0.717, 1.165) is 23.6 Å². The number of anilines is 3. The second-order valence-electron chi connectivity index (χ2n) is 4.56. The zero-order chi connectivity index (χ0) is 13.9. The molecule has 6 nitrogen and oxygen atoms in total. The topological polar surface area (TPSA) is 82.3 Å². The van der Waals surface area contributed by atoms with Crippen LogP contribution in [0.3, 0.4) is 0 Å². The smallest absolute Gasteiger partial charge is 0.163 e.